The third kappa shape index (κ3) is 2.99. The lowest BCUT2D eigenvalue weighted by Crippen LogP contribution is -2.41. The van der Waals surface area contributed by atoms with E-state index in [1.165, 1.54) is 0 Å². The van der Waals surface area contributed by atoms with E-state index in [9.17, 15) is 9.59 Å². The Morgan fingerprint density at radius 1 is 1.30 bits per heavy atom. The Labute approximate surface area is 117 Å². The SMILES string of the molecule is CC(C)CC(NC(=O)c1c[nH]c2ccccc12)C(=O)O. The van der Waals surface area contributed by atoms with Gasteiger partial charge in [-0.1, -0.05) is 32.0 Å². The van der Waals surface area contributed by atoms with Crippen LogP contribution in [0.5, 0.6) is 0 Å². The van der Waals surface area contributed by atoms with E-state index in [0.29, 0.717) is 12.0 Å². The highest BCUT2D eigenvalue weighted by Gasteiger charge is 2.22. The van der Waals surface area contributed by atoms with Gasteiger partial charge in [0.1, 0.15) is 6.04 Å². The fourth-order valence-electron chi connectivity index (χ4n) is 2.19. The summed E-state index contributed by atoms with van der Waals surface area (Å²) in [7, 11) is 0. The van der Waals surface area contributed by atoms with Crippen molar-refractivity contribution in [3.8, 4) is 0 Å². The maximum atomic E-state index is 12.2. The molecule has 0 aliphatic rings. The molecule has 2 aromatic rings. The zero-order valence-corrected chi connectivity index (χ0v) is 11.5. The lowest BCUT2D eigenvalue weighted by Gasteiger charge is -2.16. The average Bonchev–Trinajstić information content (AvgIpc) is 2.81. The summed E-state index contributed by atoms with van der Waals surface area (Å²) in [6.07, 6.45) is 2.01. The van der Waals surface area contributed by atoms with Crippen molar-refractivity contribution < 1.29 is 14.7 Å². The topological polar surface area (TPSA) is 82.2 Å². The number of H-pyrrole nitrogens is 1. The van der Waals surface area contributed by atoms with Crippen LogP contribution in [-0.4, -0.2) is 28.0 Å². The molecule has 1 atom stereocenters. The van der Waals surface area contributed by atoms with Gasteiger partial charge in [0.05, 0.1) is 5.56 Å². The Balaban J connectivity index is 2.20. The van der Waals surface area contributed by atoms with Crippen molar-refractivity contribution in [1.82, 2.24) is 10.3 Å². The number of benzene rings is 1. The number of hydrogen-bond acceptors (Lipinski definition) is 2. The summed E-state index contributed by atoms with van der Waals surface area (Å²) >= 11 is 0. The fraction of sp³-hybridized carbons (Fsp3) is 0.333. The van der Waals surface area contributed by atoms with Crippen LogP contribution in [0.1, 0.15) is 30.6 Å². The largest absolute Gasteiger partial charge is 0.480 e. The Hall–Kier alpha value is -2.30. The molecule has 5 heteroatoms. The summed E-state index contributed by atoms with van der Waals surface area (Å²) in [5.41, 5.74) is 1.32. The van der Waals surface area contributed by atoms with E-state index in [1.54, 1.807) is 6.20 Å². The first-order valence-corrected chi connectivity index (χ1v) is 6.59. The van der Waals surface area contributed by atoms with Crippen LogP contribution in [0.2, 0.25) is 0 Å². The summed E-state index contributed by atoms with van der Waals surface area (Å²) in [6, 6.07) is 6.55. The second kappa shape index (κ2) is 5.77. The minimum atomic E-state index is -1.01. The molecular weight excluding hydrogens is 256 g/mol. The van der Waals surface area contributed by atoms with Crippen LogP contribution in [0, 0.1) is 5.92 Å². The summed E-state index contributed by atoms with van der Waals surface area (Å²) in [5, 5.41) is 12.5. The first-order chi connectivity index (χ1) is 9.49. The number of rotatable bonds is 5. The molecule has 3 N–H and O–H groups in total. The van der Waals surface area contributed by atoms with E-state index < -0.39 is 12.0 Å². The van der Waals surface area contributed by atoms with E-state index in [4.69, 9.17) is 5.11 Å². The number of hydrogen-bond donors (Lipinski definition) is 3. The maximum absolute atomic E-state index is 12.2. The van der Waals surface area contributed by atoms with Crippen molar-refractivity contribution >= 4 is 22.8 Å². The molecule has 1 unspecified atom stereocenters. The van der Waals surface area contributed by atoms with Crippen molar-refractivity contribution in [3.05, 3.63) is 36.0 Å². The zero-order chi connectivity index (χ0) is 14.7. The molecule has 2 rings (SSSR count). The van der Waals surface area contributed by atoms with Gasteiger partial charge in [-0.15, -0.1) is 0 Å². The highest BCUT2D eigenvalue weighted by atomic mass is 16.4. The second-order valence-electron chi connectivity index (χ2n) is 5.24. The number of nitrogens with one attached hydrogen (secondary N) is 2. The molecule has 0 saturated heterocycles. The summed E-state index contributed by atoms with van der Waals surface area (Å²) < 4.78 is 0. The Kier molecular flexibility index (Phi) is 4.08. The van der Waals surface area contributed by atoms with Crippen LogP contribution in [0.15, 0.2) is 30.5 Å². The number of carboxylic acid groups (broad SMARTS) is 1. The molecule has 1 aromatic carbocycles. The van der Waals surface area contributed by atoms with E-state index in [-0.39, 0.29) is 11.8 Å². The van der Waals surface area contributed by atoms with Crippen molar-refractivity contribution in [2.24, 2.45) is 5.92 Å². The maximum Gasteiger partial charge on any atom is 0.326 e. The van der Waals surface area contributed by atoms with Gasteiger partial charge in [-0.2, -0.15) is 0 Å². The molecule has 1 aromatic heterocycles. The smallest absolute Gasteiger partial charge is 0.326 e. The lowest BCUT2D eigenvalue weighted by atomic mass is 10.0. The van der Waals surface area contributed by atoms with Crippen LogP contribution >= 0.6 is 0 Å². The highest BCUT2D eigenvalue weighted by Crippen LogP contribution is 2.18. The third-order valence-corrected chi connectivity index (χ3v) is 3.14. The molecule has 0 radical (unpaired) electrons. The lowest BCUT2D eigenvalue weighted by molar-refractivity contribution is -0.139. The van der Waals surface area contributed by atoms with Gasteiger partial charge in [-0.25, -0.2) is 4.79 Å². The van der Waals surface area contributed by atoms with Gasteiger partial charge in [-0.05, 0) is 18.4 Å². The van der Waals surface area contributed by atoms with Gasteiger partial charge in [0, 0.05) is 17.1 Å². The molecule has 0 bridgehead atoms. The van der Waals surface area contributed by atoms with Crippen molar-refractivity contribution in [2.45, 2.75) is 26.3 Å². The number of aliphatic carboxylic acids is 1. The van der Waals surface area contributed by atoms with E-state index in [0.717, 1.165) is 10.9 Å². The standard InChI is InChI=1S/C15H18N2O3/c1-9(2)7-13(15(19)20)17-14(18)11-8-16-12-6-4-3-5-10(11)12/h3-6,8-9,13,16H,7H2,1-2H3,(H,17,18)(H,19,20). The molecule has 0 saturated carbocycles. The molecule has 0 spiro atoms. The Bertz CT molecular complexity index is 631. The van der Waals surface area contributed by atoms with Gasteiger partial charge in [0.2, 0.25) is 0 Å². The molecule has 0 fully saturated rings. The minimum absolute atomic E-state index is 0.194. The van der Waals surface area contributed by atoms with E-state index in [1.807, 2.05) is 38.1 Å². The van der Waals surface area contributed by atoms with Crippen LogP contribution in [0.25, 0.3) is 10.9 Å². The van der Waals surface area contributed by atoms with Crippen LogP contribution < -0.4 is 5.32 Å². The Morgan fingerprint density at radius 2 is 2.00 bits per heavy atom. The van der Waals surface area contributed by atoms with E-state index >= 15 is 0 Å². The molecule has 0 aliphatic carbocycles. The normalized spacial score (nSPS) is 12.6. The van der Waals surface area contributed by atoms with Crippen LogP contribution in [0.4, 0.5) is 0 Å². The first kappa shape index (κ1) is 14.1. The number of carboxylic acids is 1. The number of aromatic nitrogens is 1. The van der Waals surface area contributed by atoms with Crippen molar-refractivity contribution in [1.29, 1.82) is 0 Å². The van der Waals surface area contributed by atoms with Crippen molar-refractivity contribution in [3.63, 3.8) is 0 Å². The second-order valence-corrected chi connectivity index (χ2v) is 5.24. The molecule has 106 valence electrons. The molecule has 1 heterocycles. The fourth-order valence-corrected chi connectivity index (χ4v) is 2.19. The monoisotopic (exact) mass is 274 g/mol. The summed E-state index contributed by atoms with van der Waals surface area (Å²) in [5.74, 6) is -1.18. The van der Waals surface area contributed by atoms with Crippen LogP contribution in [-0.2, 0) is 4.79 Å². The predicted octanol–water partition coefficient (Wildman–Crippen LogP) is 2.40. The number of carbonyl (C=O) groups excluding carboxylic acids is 1. The number of carbonyl (C=O) groups is 2. The predicted molar refractivity (Wildman–Crippen MR) is 76.6 cm³/mol. The number of amides is 1. The van der Waals surface area contributed by atoms with Crippen molar-refractivity contribution in [2.75, 3.05) is 0 Å². The number of aromatic amines is 1. The van der Waals surface area contributed by atoms with Gasteiger partial charge >= 0.3 is 5.97 Å². The Morgan fingerprint density at radius 3 is 2.65 bits per heavy atom. The average molecular weight is 274 g/mol. The molecule has 0 aliphatic heterocycles. The van der Waals surface area contributed by atoms with Crippen LogP contribution in [0.3, 0.4) is 0 Å². The van der Waals surface area contributed by atoms with Gasteiger partial charge in [-0.3, -0.25) is 4.79 Å². The first-order valence-electron chi connectivity index (χ1n) is 6.59. The quantitative estimate of drug-likeness (QED) is 0.783. The highest BCUT2D eigenvalue weighted by molar-refractivity contribution is 6.07. The zero-order valence-electron chi connectivity index (χ0n) is 11.5. The molecule has 1 amide bonds. The molecular formula is C15H18N2O3. The summed E-state index contributed by atoms with van der Waals surface area (Å²) in [6.45, 7) is 3.85. The number of fused-ring (bicyclic) bond motifs is 1. The van der Waals surface area contributed by atoms with Gasteiger partial charge in [0.15, 0.2) is 0 Å². The number of para-hydroxylation sites is 1. The van der Waals surface area contributed by atoms with Gasteiger partial charge in [0.25, 0.3) is 5.91 Å². The van der Waals surface area contributed by atoms with Gasteiger partial charge < -0.3 is 15.4 Å². The molecule has 20 heavy (non-hydrogen) atoms. The molecule has 5 nitrogen and oxygen atoms in total. The third-order valence-electron chi connectivity index (χ3n) is 3.14. The minimum Gasteiger partial charge on any atom is -0.480 e. The van der Waals surface area contributed by atoms with E-state index in [2.05, 4.69) is 10.3 Å². The summed E-state index contributed by atoms with van der Waals surface area (Å²) in [4.78, 5) is 26.4.